The summed E-state index contributed by atoms with van der Waals surface area (Å²) in [4.78, 5) is 0. The zero-order valence-electron chi connectivity index (χ0n) is 7.39. The molecule has 0 amide bonds. The molecule has 2 nitrogen and oxygen atoms in total. The molecule has 1 aromatic rings. The maximum Gasteiger partial charge on any atom is 0.125 e. The highest BCUT2D eigenvalue weighted by molar-refractivity contribution is 5.49. The minimum Gasteiger partial charge on any atom is -0.398 e. The van der Waals surface area contributed by atoms with Crippen molar-refractivity contribution in [1.29, 1.82) is 0 Å². The van der Waals surface area contributed by atoms with Gasteiger partial charge < -0.3 is 11.1 Å². The lowest BCUT2D eigenvalue weighted by atomic mass is 9.97. The summed E-state index contributed by atoms with van der Waals surface area (Å²) in [6.07, 6.45) is 1.09. The molecule has 1 atom stereocenters. The van der Waals surface area contributed by atoms with Gasteiger partial charge in [-0.25, -0.2) is 4.39 Å². The van der Waals surface area contributed by atoms with E-state index in [1.54, 1.807) is 6.07 Å². The molecule has 1 aromatic carbocycles. The Kier molecular flexibility index (Phi) is 2.19. The Morgan fingerprint density at radius 3 is 2.92 bits per heavy atom. The second kappa shape index (κ2) is 3.34. The van der Waals surface area contributed by atoms with Gasteiger partial charge in [0.25, 0.3) is 0 Å². The van der Waals surface area contributed by atoms with Crippen LogP contribution in [0.15, 0.2) is 18.2 Å². The number of anilines is 1. The van der Waals surface area contributed by atoms with Crippen molar-refractivity contribution in [2.75, 3.05) is 18.8 Å². The van der Waals surface area contributed by atoms with Gasteiger partial charge in [0.15, 0.2) is 0 Å². The predicted octanol–water partition coefficient (Wildman–Crippen LogP) is 1.48. The van der Waals surface area contributed by atoms with Crippen LogP contribution in [0, 0.1) is 5.82 Å². The molecular weight excluding hydrogens is 167 g/mol. The van der Waals surface area contributed by atoms with Gasteiger partial charge in [0.2, 0.25) is 0 Å². The molecule has 70 valence electrons. The summed E-state index contributed by atoms with van der Waals surface area (Å²) in [6, 6.07) is 4.67. The van der Waals surface area contributed by atoms with Crippen LogP contribution >= 0.6 is 0 Å². The minimum absolute atomic E-state index is 0.257. The normalized spacial score (nSPS) is 22.1. The molecule has 0 spiro atoms. The van der Waals surface area contributed by atoms with E-state index >= 15 is 0 Å². The van der Waals surface area contributed by atoms with Crippen LogP contribution in [0.25, 0.3) is 0 Å². The van der Waals surface area contributed by atoms with Crippen molar-refractivity contribution in [3.8, 4) is 0 Å². The van der Waals surface area contributed by atoms with Crippen LogP contribution in [-0.2, 0) is 0 Å². The van der Waals surface area contributed by atoms with E-state index in [9.17, 15) is 4.39 Å². The van der Waals surface area contributed by atoms with Gasteiger partial charge in [-0.05, 0) is 36.6 Å². The molecule has 13 heavy (non-hydrogen) atoms. The Morgan fingerprint density at radius 2 is 2.31 bits per heavy atom. The summed E-state index contributed by atoms with van der Waals surface area (Å²) < 4.78 is 12.7. The van der Waals surface area contributed by atoms with Gasteiger partial charge in [-0.1, -0.05) is 6.07 Å². The van der Waals surface area contributed by atoms with Gasteiger partial charge in [-0.15, -0.1) is 0 Å². The van der Waals surface area contributed by atoms with E-state index in [-0.39, 0.29) is 5.82 Å². The summed E-state index contributed by atoms with van der Waals surface area (Å²) in [5.41, 5.74) is 7.39. The third-order valence-electron chi connectivity index (χ3n) is 2.55. The minimum atomic E-state index is -0.257. The van der Waals surface area contributed by atoms with Gasteiger partial charge in [-0.3, -0.25) is 0 Å². The van der Waals surface area contributed by atoms with Gasteiger partial charge in [0, 0.05) is 12.2 Å². The third-order valence-corrected chi connectivity index (χ3v) is 2.55. The van der Waals surface area contributed by atoms with Crippen LogP contribution in [0.5, 0.6) is 0 Å². The fourth-order valence-electron chi connectivity index (χ4n) is 1.84. The smallest absolute Gasteiger partial charge is 0.125 e. The van der Waals surface area contributed by atoms with Crippen LogP contribution in [0.3, 0.4) is 0 Å². The van der Waals surface area contributed by atoms with E-state index in [1.165, 1.54) is 12.1 Å². The number of nitrogens with one attached hydrogen (secondary N) is 1. The van der Waals surface area contributed by atoms with E-state index in [2.05, 4.69) is 5.32 Å². The van der Waals surface area contributed by atoms with Crippen LogP contribution in [-0.4, -0.2) is 13.1 Å². The molecule has 0 aliphatic carbocycles. The average molecular weight is 180 g/mol. The quantitative estimate of drug-likeness (QED) is 0.642. The second-order valence-electron chi connectivity index (χ2n) is 3.46. The third kappa shape index (κ3) is 1.65. The first-order valence-electron chi connectivity index (χ1n) is 4.53. The summed E-state index contributed by atoms with van der Waals surface area (Å²) in [7, 11) is 0. The molecule has 1 fully saturated rings. The first-order valence-corrected chi connectivity index (χ1v) is 4.53. The molecule has 0 unspecified atom stereocenters. The first-order chi connectivity index (χ1) is 6.27. The fourth-order valence-corrected chi connectivity index (χ4v) is 1.84. The lowest BCUT2D eigenvalue weighted by Gasteiger charge is -2.11. The number of nitrogen functional groups attached to an aromatic ring is 1. The zero-order chi connectivity index (χ0) is 9.26. The van der Waals surface area contributed by atoms with Crippen molar-refractivity contribution >= 4 is 5.69 Å². The summed E-state index contributed by atoms with van der Waals surface area (Å²) in [5, 5.41) is 3.26. The first kappa shape index (κ1) is 8.51. The molecule has 3 heteroatoms. The molecule has 0 aromatic heterocycles. The molecular formula is C10H13FN2. The van der Waals surface area contributed by atoms with Crippen molar-refractivity contribution in [3.63, 3.8) is 0 Å². The maximum absolute atomic E-state index is 12.7. The number of benzene rings is 1. The largest absolute Gasteiger partial charge is 0.398 e. The van der Waals surface area contributed by atoms with Crippen LogP contribution in [0.1, 0.15) is 17.9 Å². The summed E-state index contributed by atoms with van der Waals surface area (Å²) >= 11 is 0. The fraction of sp³-hybridized carbons (Fsp3) is 0.400. The predicted molar refractivity (Wildman–Crippen MR) is 51.0 cm³/mol. The average Bonchev–Trinajstić information content (AvgIpc) is 2.56. The molecule has 0 radical (unpaired) electrons. The standard InChI is InChI=1S/C10H13FN2/c11-8-1-2-9(10(12)5-8)7-3-4-13-6-7/h1-2,5,7,13H,3-4,6,12H2/t7-/m1/s1. The van der Waals surface area contributed by atoms with Crippen molar-refractivity contribution in [2.45, 2.75) is 12.3 Å². The highest BCUT2D eigenvalue weighted by Crippen LogP contribution is 2.27. The van der Waals surface area contributed by atoms with E-state index in [0.29, 0.717) is 11.6 Å². The van der Waals surface area contributed by atoms with Crippen LogP contribution in [0.2, 0.25) is 0 Å². The van der Waals surface area contributed by atoms with Gasteiger partial charge in [-0.2, -0.15) is 0 Å². The summed E-state index contributed by atoms with van der Waals surface area (Å²) in [6.45, 7) is 1.98. The van der Waals surface area contributed by atoms with E-state index in [0.717, 1.165) is 25.1 Å². The molecule has 1 aliphatic rings. The highest BCUT2D eigenvalue weighted by Gasteiger charge is 2.18. The molecule has 1 saturated heterocycles. The van der Waals surface area contributed by atoms with Gasteiger partial charge in [0.1, 0.15) is 5.82 Å². The molecule has 1 aliphatic heterocycles. The maximum atomic E-state index is 12.7. The van der Waals surface area contributed by atoms with E-state index < -0.39 is 0 Å². The van der Waals surface area contributed by atoms with E-state index in [4.69, 9.17) is 5.73 Å². The Bertz CT molecular complexity index is 306. The Hall–Kier alpha value is -1.09. The van der Waals surface area contributed by atoms with Gasteiger partial charge >= 0.3 is 0 Å². The van der Waals surface area contributed by atoms with Crippen molar-refractivity contribution in [3.05, 3.63) is 29.6 Å². The number of hydrogen-bond donors (Lipinski definition) is 2. The topological polar surface area (TPSA) is 38.0 Å². The van der Waals surface area contributed by atoms with Crippen molar-refractivity contribution in [2.24, 2.45) is 0 Å². The lowest BCUT2D eigenvalue weighted by Crippen LogP contribution is -2.09. The Labute approximate surface area is 76.9 Å². The Balaban J connectivity index is 2.29. The number of halogens is 1. The van der Waals surface area contributed by atoms with Gasteiger partial charge in [0.05, 0.1) is 0 Å². The molecule has 2 rings (SSSR count). The lowest BCUT2D eigenvalue weighted by molar-refractivity contribution is 0.626. The highest BCUT2D eigenvalue weighted by atomic mass is 19.1. The molecule has 1 heterocycles. The van der Waals surface area contributed by atoms with E-state index in [1.807, 2.05) is 0 Å². The SMILES string of the molecule is Nc1cc(F)ccc1[C@@H]1CCNC1. The molecule has 0 saturated carbocycles. The molecule has 3 N–H and O–H groups in total. The Morgan fingerprint density at radius 1 is 1.46 bits per heavy atom. The van der Waals surface area contributed by atoms with Crippen LogP contribution in [0.4, 0.5) is 10.1 Å². The number of rotatable bonds is 1. The number of nitrogens with two attached hydrogens (primary N) is 1. The second-order valence-corrected chi connectivity index (χ2v) is 3.46. The monoisotopic (exact) mass is 180 g/mol. The van der Waals surface area contributed by atoms with Crippen molar-refractivity contribution in [1.82, 2.24) is 5.32 Å². The molecule has 0 bridgehead atoms. The summed E-state index contributed by atoms with van der Waals surface area (Å²) in [5.74, 6) is 0.202. The number of hydrogen-bond acceptors (Lipinski definition) is 2. The van der Waals surface area contributed by atoms with Crippen molar-refractivity contribution < 1.29 is 4.39 Å². The van der Waals surface area contributed by atoms with Crippen LogP contribution < -0.4 is 11.1 Å². The zero-order valence-corrected chi connectivity index (χ0v) is 7.39.